The van der Waals surface area contributed by atoms with Gasteiger partial charge in [0, 0.05) is 160 Å². The van der Waals surface area contributed by atoms with E-state index in [1.54, 1.807) is 0 Å². The number of rotatable bonds is 20. The van der Waals surface area contributed by atoms with E-state index in [0.29, 0.717) is 61.7 Å². The first-order chi connectivity index (χ1) is 66.8. The molecule has 12 heterocycles. The van der Waals surface area contributed by atoms with Gasteiger partial charge in [-0.1, -0.05) is 119 Å². The van der Waals surface area contributed by atoms with Gasteiger partial charge >= 0.3 is 12.2 Å². The first kappa shape index (κ1) is 98.5. The van der Waals surface area contributed by atoms with Crippen molar-refractivity contribution in [3.63, 3.8) is 0 Å². The SMILES string of the molecule is Cc1cn(CCCC2=Cc3cc(Cl)ccc3C(C3CCN(C(=O)OC(C)(C)C)CC3)c3ncccc32)cn1.Cc1cn(CCCC2=Cc3cc(Cl)ccc3C(C3CCNCC3)c3ncccc32)cn1.Cc1cncn1CCCC1=Cc2cc(Cl)ccc2C(C2CCN(C(=O)OC(C)(C)C)CC2)c2ncccc21.Cc1cncn1CCCC1=Cc2cc(Cl)ccc2C(C2CCNCC2)c2ncccc21.[HH].[HH]. The van der Waals surface area contributed by atoms with E-state index in [0.717, 1.165) is 172 Å². The molecule has 0 radical (unpaired) electrons. The Morgan fingerprint density at radius 3 is 0.920 bits per heavy atom. The van der Waals surface area contributed by atoms with Crippen molar-refractivity contribution in [1.82, 2.24) is 78.6 Å². The molecule has 20 rings (SSSR count). The zero-order valence-corrected chi connectivity index (χ0v) is 84.6. The van der Waals surface area contributed by atoms with Gasteiger partial charge in [0.2, 0.25) is 0 Å². The molecule has 8 aliphatic rings. The number of piperidine rings is 4. The summed E-state index contributed by atoms with van der Waals surface area (Å²) in [7, 11) is 0. The Balaban J connectivity index is 0.000000141. The Morgan fingerprint density at radius 2 is 0.659 bits per heavy atom. The maximum absolute atomic E-state index is 12.7. The molecule has 724 valence electrons. The largest absolute Gasteiger partial charge is 0.444 e. The van der Waals surface area contributed by atoms with Gasteiger partial charge < -0.3 is 48.2 Å². The molecule has 4 fully saturated rings. The van der Waals surface area contributed by atoms with E-state index in [4.69, 9.17) is 75.8 Å². The predicted octanol–water partition coefficient (Wildman–Crippen LogP) is 26.6. The molecule has 4 atom stereocenters. The fourth-order valence-corrected chi connectivity index (χ4v) is 22.7. The lowest BCUT2D eigenvalue weighted by Crippen LogP contribution is -2.42. The molecule has 4 unspecified atom stereocenters. The number of hydrogen-bond acceptors (Lipinski definition) is 14. The summed E-state index contributed by atoms with van der Waals surface area (Å²) in [6, 6.07) is 42.5. The lowest BCUT2D eigenvalue weighted by molar-refractivity contribution is 0.0167. The van der Waals surface area contributed by atoms with E-state index in [9.17, 15) is 9.59 Å². The zero-order chi connectivity index (χ0) is 96.1. The van der Waals surface area contributed by atoms with Crippen LogP contribution in [-0.2, 0) is 35.7 Å². The van der Waals surface area contributed by atoms with E-state index in [1.165, 1.54) is 138 Å². The zero-order valence-electron chi connectivity index (χ0n) is 81.6. The summed E-state index contributed by atoms with van der Waals surface area (Å²) >= 11 is 25.9. The van der Waals surface area contributed by atoms with Crippen molar-refractivity contribution < 1.29 is 21.9 Å². The van der Waals surface area contributed by atoms with Crippen molar-refractivity contribution in [2.45, 2.75) is 233 Å². The minimum Gasteiger partial charge on any atom is -0.444 e. The van der Waals surface area contributed by atoms with Gasteiger partial charge in [0.05, 0.1) is 59.5 Å². The highest BCUT2D eigenvalue weighted by Gasteiger charge is 2.41. The minimum atomic E-state index is -0.491. The fraction of sp³-hybridized carbons (Fsp3) is 0.421. The third-order valence-electron chi connectivity index (χ3n) is 28.6. The molecule has 138 heavy (non-hydrogen) atoms. The van der Waals surface area contributed by atoms with E-state index in [-0.39, 0.29) is 26.9 Å². The fourth-order valence-electron chi connectivity index (χ4n) is 22.0. The second kappa shape index (κ2) is 45.0. The molecule has 4 aliphatic carbocycles. The Kier molecular flexibility index (Phi) is 32.1. The average Bonchev–Trinajstić information content (AvgIpc) is 1.62. The van der Waals surface area contributed by atoms with Crippen LogP contribution in [0.4, 0.5) is 9.59 Å². The number of aryl methyl sites for hydroxylation is 8. The van der Waals surface area contributed by atoms with Crippen molar-refractivity contribution in [2.75, 3.05) is 52.4 Å². The molecule has 20 nitrogen and oxygen atoms in total. The van der Waals surface area contributed by atoms with E-state index in [1.807, 2.05) is 164 Å². The van der Waals surface area contributed by atoms with Crippen LogP contribution in [0.3, 0.4) is 0 Å². The molecular weight excluding hydrogens is 1800 g/mol. The van der Waals surface area contributed by atoms with Gasteiger partial charge in [-0.15, -0.1) is 0 Å². The smallest absolute Gasteiger partial charge is 0.410 e. The second-order valence-corrected chi connectivity index (χ2v) is 42.3. The van der Waals surface area contributed by atoms with Gasteiger partial charge in [0.25, 0.3) is 0 Å². The number of nitrogens with zero attached hydrogens (tertiary/aromatic N) is 14. The van der Waals surface area contributed by atoms with Gasteiger partial charge in [-0.05, 0) is 384 Å². The molecule has 8 aromatic heterocycles. The number of hydrogen-bond donors (Lipinski definition) is 2. The maximum Gasteiger partial charge on any atom is 0.410 e. The van der Waals surface area contributed by atoms with E-state index >= 15 is 0 Å². The van der Waals surface area contributed by atoms with Crippen molar-refractivity contribution in [3.8, 4) is 0 Å². The molecule has 0 spiro atoms. The number of likely N-dealkylation sites (tertiary alicyclic amines) is 2. The highest BCUT2D eigenvalue weighted by Crippen LogP contribution is 2.51. The molecule has 0 saturated carbocycles. The van der Waals surface area contributed by atoms with Crippen molar-refractivity contribution in [3.05, 3.63) is 329 Å². The van der Waals surface area contributed by atoms with Crippen LogP contribution in [0.1, 0.15) is 283 Å². The second-order valence-electron chi connectivity index (χ2n) is 40.6. The summed E-state index contributed by atoms with van der Waals surface area (Å²) in [6.45, 7) is 30.6. The molecular formula is C114H136Cl4N16O4. The highest BCUT2D eigenvalue weighted by molar-refractivity contribution is 6.32. The standard InChI is InChI=1S/2C31H37ClN4O2.2C26H29ClN4.2H2/c1-21-19-33-20-36(21)14-6-7-23-17-24-18-25(32)9-10-26(24)28(29-27(23)8-5-13-34-29)22-11-15-35(16-12-22)30(37)38-31(2,3)4;1-21-19-35(20-34-21)14-6-7-23-17-24-18-25(32)9-10-26(24)28(29-27(23)8-5-13-33-29)22-11-15-36(16-12-22)30(37)38-31(2,3)4;1-18-16-29-17-31(18)13-3-4-20-14-21-15-22(27)6-7-23(21)25(19-8-11-28-12-9-19)26-24(20)5-2-10-30-26;1-18-16-31(17-30-18)13-3-4-20-14-21-15-22(27)6-7-23(21)25(19-8-11-28-12-9-19)26-24(20)5-2-10-29-26;;/h2*5,8-10,13,17-20,22,28H,6-7,11-12,14-16H2,1-4H3;2*2,5-7,10,14-17,19,25,28H,3-4,8-9,11-13H2,1H3;2*1H. The van der Waals surface area contributed by atoms with Crippen LogP contribution < -0.4 is 10.6 Å². The summed E-state index contributed by atoms with van der Waals surface area (Å²) in [5, 5.41) is 10.1. The summed E-state index contributed by atoms with van der Waals surface area (Å²) in [5.41, 5.74) is 28.7. The Morgan fingerprint density at radius 1 is 0.377 bits per heavy atom. The first-order valence-electron chi connectivity index (χ1n) is 49.9. The van der Waals surface area contributed by atoms with Crippen LogP contribution in [-0.4, -0.2) is 144 Å². The number of imidazole rings is 4. The predicted molar refractivity (Wildman–Crippen MR) is 563 cm³/mol. The number of halogens is 4. The Hall–Kier alpha value is -11.1. The summed E-state index contributed by atoms with van der Waals surface area (Å²) in [4.78, 5) is 66.2. The number of pyridine rings is 4. The number of nitrogens with one attached hydrogen (secondary N) is 2. The monoisotopic (exact) mass is 1930 g/mol. The number of carbonyl (C=O) groups excluding carboxylic acids is 2. The quantitative estimate of drug-likeness (QED) is 0.0728. The first-order valence-corrected chi connectivity index (χ1v) is 51.4. The summed E-state index contributed by atoms with van der Waals surface area (Å²) in [5.74, 6) is 2.83. The Labute approximate surface area is 837 Å². The number of aromatic nitrogens is 12. The van der Waals surface area contributed by atoms with Gasteiger partial charge in [0.15, 0.2) is 0 Å². The van der Waals surface area contributed by atoms with Gasteiger partial charge in [-0.25, -0.2) is 29.5 Å². The number of carbonyl (C=O) groups is 2. The van der Waals surface area contributed by atoms with Gasteiger partial charge in [-0.3, -0.25) is 19.9 Å². The topological polar surface area (TPSA) is 206 Å². The Bertz CT molecular complexity index is 6390. The lowest BCUT2D eigenvalue weighted by Gasteiger charge is -2.37. The number of amides is 2. The van der Waals surface area contributed by atoms with Crippen LogP contribution in [0, 0.1) is 51.4 Å². The van der Waals surface area contributed by atoms with Gasteiger partial charge in [0.1, 0.15) is 11.2 Å². The molecule has 2 N–H and O–H groups in total. The third-order valence-corrected chi connectivity index (χ3v) is 29.5. The van der Waals surface area contributed by atoms with E-state index < -0.39 is 11.2 Å². The number of fused-ring (bicyclic) bond motifs is 8. The number of ether oxygens (including phenoxy) is 2. The summed E-state index contributed by atoms with van der Waals surface area (Å²) < 4.78 is 20.0. The molecule has 2 amide bonds. The molecule has 24 heteroatoms. The molecule has 4 aliphatic heterocycles. The van der Waals surface area contributed by atoms with Crippen LogP contribution in [0.2, 0.25) is 20.1 Å². The van der Waals surface area contributed by atoms with Crippen molar-refractivity contribution in [2.24, 2.45) is 23.7 Å². The van der Waals surface area contributed by atoms with Crippen LogP contribution in [0.25, 0.3) is 46.6 Å². The highest BCUT2D eigenvalue weighted by atomic mass is 35.5. The minimum absolute atomic E-state index is 0. The maximum atomic E-state index is 12.7. The lowest BCUT2D eigenvalue weighted by atomic mass is 9.76. The molecule has 12 aromatic rings. The van der Waals surface area contributed by atoms with Crippen LogP contribution in [0.15, 0.2) is 196 Å². The average molecular weight is 1940 g/mol. The normalized spacial score (nSPS) is 18.3. The molecule has 4 saturated heterocycles. The molecule has 4 aromatic carbocycles. The number of benzene rings is 4. The van der Waals surface area contributed by atoms with Crippen molar-refractivity contribution in [1.29, 1.82) is 0 Å². The third kappa shape index (κ3) is 24.3. The number of allylic oxidation sites excluding steroid dienone is 4. The summed E-state index contributed by atoms with van der Waals surface area (Å²) in [6.07, 6.45) is 48.7. The van der Waals surface area contributed by atoms with Crippen LogP contribution >= 0.6 is 46.4 Å². The van der Waals surface area contributed by atoms with Crippen LogP contribution in [0.5, 0.6) is 0 Å². The molecule has 0 bridgehead atoms. The van der Waals surface area contributed by atoms with E-state index in [2.05, 4.69) is 184 Å². The van der Waals surface area contributed by atoms with Crippen molar-refractivity contribution >= 4 is 105 Å². The van der Waals surface area contributed by atoms with Gasteiger partial charge in [-0.2, -0.15) is 0 Å².